The number of rotatable bonds is 6. The van der Waals surface area contributed by atoms with Gasteiger partial charge in [0.2, 0.25) is 17.7 Å². The lowest BCUT2D eigenvalue weighted by Crippen LogP contribution is -2.38. The summed E-state index contributed by atoms with van der Waals surface area (Å²) in [6.45, 7) is 0. The van der Waals surface area contributed by atoms with Gasteiger partial charge >= 0.3 is 0 Å². The van der Waals surface area contributed by atoms with E-state index in [2.05, 4.69) is 22.5 Å². The summed E-state index contributed by atoms with van der Waals surface area (Å²) in [5, 5.41) is 5.62. The Morgan fingerprint density at radius 2 is 1.69 bits per heavy atom. The molecule has 1 saturated heterocycles. The number of carbonyl (C=O) groups excluding carboxylic acids is 3. The zero-order valence-electron chi connectivity index (χ0n) is 18.6. The molecular weight excluding hydrogens is 482 g/mol. The second-order valence-electron chi connectivity index (χ2n) is 9.24. The van der Waals surface area contributed by atoms with Gasteiger partial charge < -0.3 is 5.32 Å². The maximum absolute atomic E-state index is 13.5. The van der Waals surface area contributed by atoms with Crippen molar-refractivity contribution in [3.63, 3.8) is 0 Å². The second-order valence-corrected chi connectivity index (χ2v) is 10.5. The van der Waals surface area contributed by atoms with Crippen molar-refractivity contribution in [3.8, 4) is 11.3 Å². The molecule has 1 N–H and O–H groups in total. The summed E-state index contributed by atoms with van der Waals surface area (Å²) in [6.07, 6.45) is 4.88. The number of aromatic nitrogens is 1. The lowest BCUT2D eigenvalue weighted by atomic mass is 9.85. The fourth-order valence-electron chi connectivity index (χ4n) is 5.74. The van der Waals surface area contributed by atoms with Crippen LogP contribution < -0.4 is 5.32 Å². The van der Waals surface area contributed by atoms with E-state index in [0.717, 1.165) is 17.7 Å². The number of likely N-dealkylation sites (tertiary alicyclic amines) is 1. The standard InChI is InChI=1S/C27H22ClN3O3S/c28-19-9-5-4-8-18(19)21(31-25(33)23-16-10-11-17(12-16)24(23)26(31)34)13-22(32)30-27-29-20(14-35-27)15-6-2-1-3-7-15/h1-11,14,16-17,21,23-24H,12-13H2,(H,29,30,32). The van der Waals surface area contributed by atoms with Gasteiger partial charge in [-0.25, -0.2) is 4.98 Å². The summed E-state index contributed by atoms with van der Waals surface area (Å²) in [4.78, 5) is 46.0. The van der Waals surface area contributed by atoms with E-state index < -0.39 is 6.04 Å². The number of amides is 3. The van der Waals surface area contributed by atoms with Gasteiger partial charge in [-0.3, -0.25) is 19.3 Å². The smallest absolute Gasteiger partial charge is 0.234 e. The van der Waals surface area contributed by atoms with E-state index in [-0.39, 0.29) is 47.8 Å². The molecule has 2 heterocycles. The predicted molar refractivity (Wildman–Crippen MR) is 135 cm³/mol. The first-order chi connectivity index (χ1) is 17.0. The van der Waals surface area contributed by atoms with Gasteiger partial charge in [-0.2, -0.15) is 0 Å². The highest BCUT2D eigenvalue weighted by molar-refractivity contribution is 7.14. The molecule has 1 aliphatic heterocycles. The monoisotopic (exact) mass is 503 g/mol. The fourth-order valence-corrected chi connectivity index (χ4v) is 6.73. The molecule has 2 fully saturated rings. The maximum Gasteiger partial charge on any atom is 0.234 e. The zero-order valence-corrected chi connectivity index (χ0v) is 20.2. The fraction of sp³-hybridized carbons (Fsp3) is 0.259. The largest absolute Gasteiger partial charge is 0.302 e. The Morgan fingerprint density at radius 1 is 1.03 bits per heavy atom. The quantitative estimate of drug-likeness (QED) is 0.363. The van der Waals surface area contributed by atoms with E-state index >= 15 is 0 Å². The number of halogens is 1. The molecule has 2 aliphatic carbocycles. The van der Waals surface area contributed by atoms with Gasteiger partial charge in [0.05, 0.1) is 30.0 Å². The highest BCUT2D eigenvalue weighted by Gasteiger charge is 2.60. The topological polar surface area (TPSA) is 79.4 Å². The molecule has 2 bridgehead atoms. The van der Waals surface area contributed by atoms with E-state index in [9.17, 15) is 14.4 Å². The molecule has 3 aromatic rings. The van der Waals surface area contributed by atoms with Crippen LogP contribution in [0.3, 0.4) is 0 Å². The van der Waals surface area contributed by atoms with Crippen LogP contribution in [0.25, 0.3) is 11.3 Å². The Kier molecular flexibility index (Phi) is 5.54. The molecule has 8 heteroatoms. The number of carbonyl (C=O) groups is 3. The van der Waals surface area contributed by atoms with Crippen molar-refractivity contribution in [2.45, 2.75) is 18.9 Å². The molecule has 5 atom stereocenters. The van der Waals surface area contributed by atoms with Crippen molar-refractivity contribution < 1.29 is 14.4 Å². The molecule has 0 spiro atoms. The third kappa shape index (κ3) is 3.79. The van der Waals surface area contributed by atoms with Gasteiger partial charge in [-0.05, 0) is 29.9 Å². The van der Waals surface area contributed by atoms with Gasteiger partial charge in [0.25, 0.3) is 0 Å². The minimum atomic E-state index is -0.776. The van der Waals surface area contributed by atoms with Gasteiger partial charge in [0.1, 0.15) is 0 Å². The lowest BCUT2D eigenvalue weighted by Gasteiger charge is -2.28. The average molecular weight is 504 g/mol. The van der Waals surface area contributed by atoms with Gasteiger partial charge in [-0.15, -0.1) is 11.3 Å². The molecule has 0 radical (unpaired) electrons. The normalized spacial score (nSPS) is 25.2. The molecule has 35 heavy (non-hydrogen) atoms. The van der Waals surface area contributed by atoms with Crippen molar-refractivity contribution in [3.05, 3.63) is 82.7 Å². The molecule has 1 saturated carbocycles. The molecule has 6 nitrogen and oxygen atoms in total. The van der Waals surface area contributed by atoms with Gasteiger partial charge in [0.15, 0.2) is 5.13 Å². The van der Waals surface area contributed by atoms with Crippen LogP contribution in [-0.2, 0) is 14.4 Å². The minimum absolute atomic E-state index is 0.0936. The summed E-state index contributed by atoms with van der Waals surface area (Å²) in [5.41, 5.74) is 2.32. The van der Waals surface area contributed by atoms with Crippen LogP contribution in [0.5, 0.6) is 0 Å². The lowest BCUT2D eigenvalue weighted by molar-refractivity contribution is -0.144. The first kappa shape index (κ1) is 22.2. The molecule has 176 valence electrons. The van der Waals surface area contributed by atoms with E-state index in [0.29, 0.717) is 15.7 Å². The molecule has 5 unspecified atom stereocenters. The molecule has 3 amide bonds. The van der Waals surface area contributed by atoms with Crippen LogP contribution in [0, 0.1) is 23.7 Å². The Bertz CT molecular complexity index is 1320. The summed E-state index contributed by atoms with van der Waals surface area (Å²) < 4.78 is 0. The SMILES string of the molecule is O=C(CC(c1ccccc1Cl)N1C(=O)C2C3C=CC(C3)C2C1=O)Nc1nc(-c2ccccc2)cs1. The van der Waals surface area contributed by atoms with E-state index in [1.807, 2.05) is 35.7 Å². The summed E-state index contributed by atoms with van der Waals surface area (Å²) in [5.74, 6) is -1.21. The molecule has 6 rings (SSSR count). The number of nitrogens with zero attached hydrogens (tertiary/aromatic N) is 2. The third-order valence-corrected chi connectivity index (χ3v) is 8.38. The van der Waals surface area contributed by atoms with Crippen molar-refractivity contribution in [1.82, 2.24) is 9.88 Å². The number of allylic oxidation sites excluding steroid dienone is 2. The molecule has 1 aromatic heterocycles. The van der Waals surface area contributed by atoms with Crippen molar-refractivity contribution in [2.24, 2.45) is 23.7 Å². The number of hydrogen-bond acceptors (Lipinski definition) is 5. The van der Waals surface area contributed by atoms with Gasteiger partial charge in [0, 0.05) is 16.0 Å². The third-order valence-electron chi connectivity index (χ3n) is 7.28. The number of thiazole rings is 1. The van der Waals surface area contributed by atoms with E-state index in [1.54, 1.807) is 24.3 Å². The summed E-state index contributed by atoms with van der Waals surface area (Å²) >= 11 is 7.82. The molecule has 2 aromatic carbocycles. The van der Waals surface area contributed by atoms with Gasteiger partial charge in [-0.1, -0.05) is 72.3 Å². The van der Waals surface area contributed by atoms with Crippen LogP contribution >= 0.6 is 22.9 Å². The summed E-state index contributed by atoms with van der Waals surface area (Å²) in [7, 11) is 0. The Hall–Kier alpha value is -3.29. The predicted octanol–water partition coefficient (Wildman–Crippen LogP) is 5.34. The Labute approximate surface area is 211 Å². The van der Waals surface area contributed by atoms with Crippen LogP contribution in [0.4, 0.5) is 5.13 Å². The van der Waals surface area contributed by atoms with E-state index in [1.165, 1.54) is 16.2 Å². The number of nitrogens with one attached hydrogen (secondary N) is 1. The number of imide groups is 1. The minimum Gasteiger partial charge on any atom is -0.302 e. The summed E-state index contributed by atoms with van der Waals surface area (Å²) in [6, 6.07) is 16.0. The first-order valence-corrected chi connectivity index (χ1v) is 12.9. The first-order valence-electron chi connectivity index (χ1n) is 11.6. The van der Waals surface area contributed by atoms with Crippen LogP contribution in [-0.4, -0.2) is 27.6 Å². The Morgan fingerprint density at radius 3 is 2.37 bits per heavy atom. The highest BCUT2D eigenvalue weighted by Crippen LogP contribution is 2.54. The van der Waals surface area contributed by atoms with Crippen molar-refractivity contribution >= 4 is 45.8 Å². The highest BCUT2D eigenvalue weighted by atomic mass is 35.5. The van der Waals surface area contributed by atoms with Crippen molar-refractivity contribution in [1.29, 1.82) is 0 Å². The number of hydrogen-bond donors (Lipinski definition) is 1. The van der Waals surface area contributed by atoms with E-state index in [4.69, 9.17) is 11.6 Å². The molecule has 3 aliphatic rings. The van der Waals surface area contributed by atoms with Crippen LogP contribution in [0.15, 0.2) is 72.1 Å². The second kappa shape index (κ2) is 8.73. The maximum atomic E-state index is 13.5. The van der Waals surface area contributed by atoms with Crippen LogP contribution in [0.1, 0.15) is 24.4 Å². The number of benzene rings is 2. The zero-order chi connectivity index (χ0) is 24.1. The number of anilines is 1. The average Bonchev–Trinajstić information content (AvgIpc) is 3.64. The Balaban J connectivity index is 1.26. The molecular formula is C27H22ClN3O3S. The number of fused-ring (bicyclic) bond motifs is 5. The van der Waals surface area contributed by atoms with Crippen molar-refractivity contribution in [2.75, 3.05) is 5.32 Å². The van der Waals surface area contributed by atoms with Crippen LogP contribution in [0.2, 0.25) is 5.02 Å².